The topological polar surface area (TPSA) is 51.2 Å². The van der Waals surface area contributed by atoms with Crippen LogP contribution in [0.5, 0.6) is 5.75 Å². The quantitative estimate of drug-likeness (QED) is 0.826. The third kappa shape index (κ3) is 4.25. The van der Waals surface area contributed by atoms with Gasteiger partial charge in [-0.2, -0.15) is 13.2 Å². The van der Waals surface area contributed by atoms with Crippen LogP contribution in [0.2, 0.25) is 0 Å². The van der Waals surface area contributed by atoms with Gasteiger partial charge in [0.1, 0.15) is 11.4 Å². The van der Waals surface area contributed by atoms with Crippen molar-refractivity contribution in [3.8, 4) is 5.75 Å². The minimum Gasteiger partial charge on any atom is -0.496 e. The molecule has 8 heteroatoms. The van der Waals surface area contributed by atoms with Gasteiger partial charge in [0.05, 0.1) is 23.2 Å². The normalized spacial score (nSPS) is 12.6. The summed E-state index contributed by atoms with van der Waals surface area (Å²) in [7, 11) is 1.54. The predicted octanol–water partition coefficient (Wildman–Crippen LogP) is 4.36. The maximum Gasteiger partial charge on any atom is 0.433 e. The molecule has 0 spiro atoms. The molecule has 1 N–H and O–H groups in total. The summed E-state index contributed by atoms with van der Waals surface area (Å²) in [5, 5.41) is 2.71. The van der Waals surface area contributed by atoms with E-state index in [0.29, 0.717) is 5.75 Å². The van der Waals surface area contributed by atoms with Crippen LogP contribution in [0, 0.1) is 0 Å². The van der Waals surface area contributed by atoms with Crippen molar-refractivity contribution in [3.63, 3.8) is 0 Å². The summed E-state index contributed by atoms with van der Waals surface area (Å²) in [6.45, 7) is 1.77. The lowest BCUT2D eigenvalue weighted by Gasteiger charge is -2.16. The zero-order valence-corrected chi connectivity index (χ0v) is 14.4. The second-order valence-electron chi connectivity index (χ2n) is 5.02. The van der Waals surface area contributed by atoms with Crippen molar-refractivity contribution in [3.05, 3.63) is 57.8 Å². The highest BCUT2D eigenvalue weighted by Crippen LogP contribution is 2.29. The lowest BCUT2D eigenvalue weighted by molar-refractivity contribution is -0.141. The largest absolute Gasteiger partial charge is 0.496 e. The first-order valence-corrected chi connectivity index (χ1v) is 7.69. The van der Waals surface area contributed by atoms with Gasteiger partial charge < -0.3 is 10.1 Å². The third-order valence-electron chi connectivity index (χ3n) is 3.34. The number of methoxy groups -OCH3 is 1. The van der Waals surface area contributed by atoms with Gasteiger partial charge in [0.15, 0.2) is 0 Å². The van der Waals surface area contributed by atoms with Gasteiger partial charge in [0.25, 0.3) is 5.91 Å². The number of nitrogens with one attached hydrogen (secondary N) is 1. The molecule has 2 aromatic rings. The van der Waals surface area contributed by atoms with Crippen LogP contribution in [-0.2, 0) is 6.18 Å². The predicted molar refractivity (Wildman–Crippen MR) is 85.8 cm³/mol. The molecule has 4 nitrogen and oxygen atoms in total. The van der Waals surface area contributed by atoms with Gasteiger partial charge in [0.2, 0.25) is 0 Å². The van der Waals surface area contributed by atoms with Crippen LogP contribution < -0.4 is 10.1 Å². The third-order valence-corrected chi connectivity index (χ3v) is 3.96. The molecule has 24 heavy (non-hydrogen) atoms. The maximum atomic E-state index is 12.5. The molecule has 0 bridgehead atoms. The van der Waals surface area contributed by atoms with Crippen LogP contribution in [-0.4, -0.2) is 18.0 Å². The van der Waals surface area contributed by atoms with Gasteiger partial charge in [-0.25, -0.2) is 0 Å². The van der Waals surface area contributed by atoms with Crippen molar-refractivity contribution in [1.82, 2.24) is 10.3 Å². The van der Waals surface area contributed by atoms with Crippen molar-refractivity contribution in [2.45, 2.75) is 19.1 Å². The van der Waals surface area contributed by atoms with E-state index in [1.165, 1.54) is 0 Å². The Labute approximate surface area is 145 Å². The Balaban J connectivity index is 2.10. The first-order valence-electron chi connectivity index (χ1n) is 6.90. The molecular weight excluding hydrogens is 389 g/mol. The molecule has 1 atom stereocenters. The van der Waals surface area contributed by atoms with E-state index < -0.39 is 17.8 Å². The summed E-state index contributed by atoms with van der Waals surface area (Å²) in [6, 6.07) is 6.88. The Kier molecular flexibility index (Phi) is 5.48. The minimum absolute atomic E-state index is 0.0578. The summed E-state index contributed by atoms with van der Waals surface area (Å²) in [4.78, 5) is 15.4. The molecule has 128 valence electrons. The van der Waals surface area contributed by atoms with Crippen LogP contribution in [0.3, 0.4) is 0 Å². The maximum absolute atomic E-state index is 12.5. The number of amides is 1. The van der Waals surface area contributed by atoms with E-state index in [1.807, 2.05) is 0 Å². The Bertz CT molecular complexity index is 733. The van der Waals surface area contributed by atoms with E-state index >= 15 is 0 Å². The van der Waals surface area contributed by atoms with E-state index in [1.54, 1.807) is 32.2 Å². The lowest BCUT2D eigenvalue weighted by Crippen LogP contribution is -2.27. The van der Waals surface area contributed by atoms with Crippen molar-refractivity contribution >= 4 is 21.8 Å². The molecular formula is C16H14BrF3N2O2. The number of halogens is 4. The first-order chi connectivity index (χ1) is 11.2. The van der Waals surface area contributed by atoms with Crippen LogP contribution in [0.4, 0.5) is 13.2 Å². The van der Waals surface area contributed by atoms with Crippen molar-refractivity contribution in [2.75, 3.05) is 7.11 Å². The van der Waals surface area contributed by atoms with E-state index in [0.717, 1.165) is 28.4 Å². The van der Waals surface area contributed by atoms with Crippen molar-refractivity contribution in [1.29, 1.82) is 0 Å². The second-order valence-corrected chi connectivity index (χ2v) is 5.87. The highest BCUT2D eigenvalue weighted by Gasteiger charge is 2.32. The number of alkyl halides is 3. The fraction of sp³-hybridized carbons (Fsp3) is 0.250. The van der Waals surface area contributed by atoms with Gasteiger partial charge in [-0.1, -0.05) is 6.07 Å². The van der Waals surface area contributed by atoms with Crippen molar-refractivity contribution in [2.24, 2.45) is 0 Å². The number of hydrogen-bond donors (Lipinski definition) is 1. The molecule has 0 aliphatic rings. The van der Waals surface area contributed by atoms with Gasteiger partial charge in [-0.15, -0.1) is 0 Å². The Morgan fingerprint density at radius 2 is 2.00 bits per heavy atom. The second kappa shape index (κ2) is 7.21. The number of hydrogen-bond acceptors (Lipinski definition) is 3. The summed E-state index contributed by atoms with van der Waals surface area (Å²) < 4.78 is 43.3. The SMILES string of the molecule is COc1ccc(C(C)NC(=O)c2ccc(C(F)(F)F)nc2)cc1Br. The number of benzene rings is 1. The van der Waals surface area contributed by atoms with E-state index in [9.17, 15) is 18.0 Å². The number of pyridine rings is 1. The van der Waals surface area contributed by atoms with E-state index in [-0.39, 0.29) is 11.6 Å². The Morgan fingerprint density at radius 1 is 1.29 bits per heavy atom. The van der Waals surface area contributed by atoms with Gasteiger partial charge in [-0.3, -0.25) is 9.78 Å². The number of aromatic nitrogens is 1. The average Bonchev–Trinajstić information content (AvgIpc) is 2.54. The zero-order valence-electron chi connectivity index (χ0n) is 12.8. The molecule has 0 saturated heterocycles. The average molecular weight is 403 g/mol. The van der Waals surface area contributed by atoms with Crippen LogP contribution >= 0.6 is 15.9 Å². The van der Waals surface area contributed by atoms with Gasteiger partial charge in [-0.05, 0) is 52.7 Å². The minimum atomic E-state index is -4.53. The highest BCUT2D eigenvalue weighted by molar-refractivity contribution is 9.10. The lowest BCUT2D eigenvalue weighted by atomic mass is 10.1. The van der Waals surface area contributed by atoms with Gasteiger partial charge >= 0.3 is 6.18 Å². The van der Waals surface area contributed by atoms with Crippen LogP contribution in [0.25, 0.3) is 0 Å². The summed E-state index contributed by atoms with van der Waals surface area (Å²) in [5.74, 6) is 0.153. The Morgan fingerprint density at radius 3 is 2.50 bits per heavy atom. The van der Waals surface area contributed by atoms with Crippen molar-refractivity contribution < 1.29 is 22.7 Å². The van der Waals surface area contributed by atoms with E-state index in [4.69, 9.17) is 4.74 Å². The number of carbonyl (C=O) groups is 1. The van der Waals surface area contributed by atoms with Crippen LogP contribution in [0.1, 0.15) is 34.6 Å². The molecule has 0 saturated carbocycles. The number of ether oxygens (including phenoxy) is 1. The fourth-order valence-corrected chi connectivity index (χ4v) is 2.57. The van der Waals surface area contributed by atoms with E-state index in [2.05, 4.69) is 26.2 Å². The zero-order chi connectivity index (χ0) is 17.9. The number of carbonyl (C=O) groups excluding carboxylic acids is 1. The number of rotatable bonds is 4. The van der Waals surface area contributed by atoms with Crippen LogP contribution in [0.15, 0.2) is 41.0 Å². The molecule has 2 rings (SSSR count). The molecule has 1 unspecified atom stereocenters. The monoisotopic (exact) mass is 402 g/mol. The smallest absolute Gasteiger partial charge is 0.433 e. The Hall–Kier alpha value is -2.09. The number of nitrogens with zero attached hydrogens (tertiary/aromatic N) is 1. The summed E-state index contributed by atoms with van der Waals surface area (Å²) >= 11 is 3.36. The summed E-state index contributed by atoms with van der Waals surface area (Å²) in [6.07, 6.45) is -3.62. The molecule has 0 radical (unpaired) electrons. The fourth-order valence-electron chi connectivity index (χ4n) is 2.01. The standard InChI is InChI=1S/C16H14BrF3N2O2/c1-9(10-3-5-13(24-2)12(17)7-10)22-15(23)11-4-6-14(21-8-11)16(18,19)20/h3-9H,1-2H3,(H,22,23). The molecule has 0 fully saturated rings. The molecule has 0 aliphatic carbocycles. The summed E-state index contributed by atoms with van der Waals surface area (Å²) in [5.41, 5.74) is -0.162. The van der Waals surface area contributed by atoms with Gasteiger partial charge in [0, 0.05) is 6.20 Å². The molecule has 1 heterocycles. The molecule has 1 aromatic carbocycles. The molecule has 1 amide bonds. The first kappa shape index (κ1) is 18.3. The molecule has 0 aliphatic heterocycles. The highest BCUT2D eigenvalue weighted by atomic mass is 79.9. The molecule has 1 aromatic heterocycles.